The van der Waals surface area contributed by atoms with E-state index >= 15 is 0 Å². The normalized spacial score (nSPS) is 11.0. The van der Waals surface area contributed by atoms with Gasteiger partial charge in [-0.2, -0.15) is 0 Å². The topological polar surface area (TPSA) is 114 Å². The number of esters is 1. The molecule has 1 amide bonds. The molecule has 0 aromatic heterocycles. The fraction of sp³-hybridized carbons (Fsp3) is 0.500. The molecule has 1 aromatic carbocycles. The minimum absolute atomic E-state index is 0.0334. The molecule has 0 heterocycles. The van der Waals surface area contributed by atoms with Crippen molar-refractivity contribution >= 4 is 23.7 Å². The molecule has 0 saturated carbocycles. The van der Waals surface area contributed by atoms with Gasteiger partial charge < -0.3 is 19.9 Å². The maximum absolute atomic E-state index is 12.1. The summed E-state index contributed by atoms with van der Waals surface area (Å²) in [5, 5.41) is 14.2. The van der Waals surface area contributed by atoms with Crippen LogP contribution in [0.15, 0.2) is 12.1 Å². The second kappa shape index (κ2) is 9.19. The third-order valence-electron chi connectivity index (χ3n) is 3.38. The van der Waals surface area contributed by atoms with Crippen molar-refractivity contribution in [2.24, 2.45) is 0 Å². The lowest BCUT2D eigenvalue weighted by molar-refractivity contribution is -0.140. The van der Waals surface area contributed by atoms with E-state index in [-0.39, 0.29) is 19.5 Å². The summed E-state index contributed by atoms with van der Waals surface area (Å²) < 4.78 is 9.94. The smallest absolute Gasteiger partial charge is 0.412 e. The van der Waals surface area contributed by atoms with Crippen LogP contribution in [0.25, 0.3) is 0 Å². The van der Waals surface area contributed by atoms with Gasteiger partial charge in [0.25, 0.3) is 0 Å². The SMILES string of the molecule is COC(=O)Cc1cc(CNCC(=O)O)c(C)c(NC(=O)OC(C)(C)C)c1. The fourth-order valence-corrected chi connectivity index (χ4v) is 2.21. The molecule has 0 aliphatic heterocycles. The molecule has 0 fully saturated rings. The average Bonchev–Trinajstić information content (AvgIpc) is 2.49. The number of carbonyl (C=O) groups is 3. The van der Waals surface area contributed by atoms with E-state index in [9.17, 15) is 14.4 Å². The Morgan fingerprint density at radius 3 is 2.38 bits per heavy atom. The van der Waals surface area contributed by atoms with Gasteiger partial charge in [0.2, 0.25) is 0 Å². The molecule has 0 aliphatic carbocycles. The van der Waals surface area contributed by atoms with Gasteiger partial charge in [-0.1, -0.05) is 6.07 Å². The Morgan fingerprint density at radius 1 is 1.19 bits per heavy atom. The lowest BCUT2D eigenvalue weighted by atomic mass is 10.0. The Bertz CT molecular complexity index is 679. The number of hydrogen-bond donors (Lipinski definition) is 3. The van der Waals surface area contributed by atoms with Crippen molar-refractivity contribution in [3.05, 3.63) is 28.8 Å². The molecule has 8 nitrogen and oxygen atoms in total. The minimum atomic E-state index is -0.972. The molecule has 0 bridgehead atoms. The number of ether oxygens (including phenoxy) is 2. The predicted octanol–water partition coefficient (Wildman–Crippen LogP) is 2.23. The number of aliphatic carboxylic acids is 1. The summed E-state index contributed by atoms with van der Waals surface area (Å²) in [6, 6.07) is 3.46. The Labute approximate surface area is 152 Å². The van der Waals surface area contributed by atoms with Crippen LogP contribution in [-0.2, 0) is 32.0 Å². The van der Waals surface area contributed by atoms with E-state index in [2.05, 4.69) is 15.4 Å². The largest absolute Gasteiger partial charge is 0.480 e. The second-order valence-electron chi connectivity index (χ2n) is 6.80. The maximum atomic E-state index is 12.1. The summed E-state index contributed by atoms with van der Waals surface area (Å²) in [6.45, 7) is 7.15. The number of hydrogen-bond acceptors (Lipinski definition) is 6. The standard InChI is InChI=1S/C18H26N2O6/c1-11-13(9-19-10-15(21)22)6-12(8-16(23)25-5)7-14(11)20-17(24)26-18(2,3)4/h6-7,19H,8-10H2,1-5H3,(H,20,24)(H,21,22). The van der Waals surface area contributed by atoms with Crippen LogP contribution < -0.4 is 10.6 Å². The van der Waals surface area contributed by atoms with Crippen LogP contribution in [0.5, 0.6) is 0 Å². The van der Waals surface area contributed by atoms with Crippen molar-refractivity contribution < 1.29 is 29.0 Å². The number of benzene rings is 1. The zero-order chi connectivity index (χ0) is 19.9. The fourth-order valence-electron chi connectivity index (χ4n) is 2.21. The number of anilines is 1. The highest BCUT2D eigenvalue weighted by atomic mass is 16.6. The van der Waals surface area contributed by atoms with Crippen molar-refractivity contribution in [1.82, 2.24) is 5.32 Å². The zero-order valence-electron chi connectivity index (χ0n) is 15.8. The van der Waals surface area contributed by atoms with Gasteiger partial charge in [0.05, 0.1) is 20.1 Å². The molecule has 0 radical (unpaired) electrons. The first kappa shape index (κ1) is 21.4. The van der Waals surface area contributed by atoms with Crippen LogP contribution in [0, 0.1) is 6.92 Å². The summed E-state index contributed by atoms with van der Waals surface area (Å²) in [6.07, 6.45) is -0.577. The Hall–Kier alpha value is -2.61. The summed E-state index contributed by atoms with van der Waals surface area (Å²) in [4.78, 5) is 34.3. The van der Waals surface area contributed by atoms with E-state index in [1.807, 2.05) is 0 Å². The number of rotatable bonds is 7. The van der Waals surface area contributed by atoms with Gasteiger partial charge in [-0.05, 0) is 50.5 Å². The summed E-state index contributed by atoms with van der Waals surface area (Å²) >= 11 is 0. The quantitative estimate of drug-likeness (QED) is 0.634. The third kappa shape index (κ3) is 7.52. The molecular weight excluding hydrogens is 340 g/mol. The minimum Gasteiger partial charge on any atom is -0.480 e. The average molecular weight is 366 g/mol. The Balaban J connectivity index is 3.08. The first-order valence-electron chi connectivity index (χ1n) is 8.13. The molecule has 144 valence electrons. The third-order valence-corrected chi connectivity index (χ3v) is 3.38. The number of nitrogens with one attached hydrogen (secondary N) is 2. The van der Waals surface area contributed by atoms with Gasteiger partial charge in [-0.3, -0.25) is 14.9 Å². The van der Waals surface area contributed by atoms with E-state index in [4.69, 9.17) is 9.84 Å². The van der Waals surface area contributed by atoms with Crippen molar-refractivity contribution in [1.29, 1.82) is 0 Å². The molecule has 0 unspecified atom stereocenters. The molecule has 0 spiro atoms. The van der Waals surface area contributed by atoms with Crippen LogP contribution >= 0.6 is 0 Å². The van der Waals surface area contributed by atoms with Crippen molar-refractivity contribution in [2.45, 2.75) is 46.3 Å². The molecule has 3 N–H and O–H groups in total. The highest BCUT2D eigenvalue weighted by molar-refractivity contribution is 5.86. The molecule has 0 atom stereocenters. The monoisotopic (exact) mass is 366 g/mol. The Morgan fingerprint density at radius 2 is 1.85 bits per heavy atom. The van der Waals surface area contributed by atoms with Crippen LogP contribution in [0.4, 0.5) is 10.5 Å². The molecule has 1 rings (SSSR count). The van der Waals surface area contributed by atoms with E-state index < -0.39 is 23.6 Å². The van der Waals surface area contributed by atoms with Crippen LogP contribution in [0.1, 0.15) is 37.5 Å². The van der Waals surface area contributed by atoms with E-state index in [0.29, 0.717) is 11.3 Å². The first-order valence-corrected chi connectivity index (χ1v) is 8.13. The number of methoxy groups -OCH3 is 1. The van der Waals surface area contributed by atoms with Gasteiger partial charge in [0, 0.05) is 12.2 Å². The maximum Gasteiger partial charge on any atom is 0.412 e. The number of carbonyl (C=O) groups excluding carboxylic acids is 2. The number of carboxylic acids is 1. The van der Waals surface area contributed by atoms with Crippen molar-refractivity contribution in [2.75, 3.05) is 19.0 Å². The molecular formula is C18H26N2O6. The van der Waals surface area contributed by atoms with Crippen LogP contribution in [0.2, 0.25) is 0 Å². The summed E-state index contributed by atoms with van der Waals surface area (Å²) in [5.41, 5.74) is 2.00. The lowest BCUT2D eigenvalue weighted by Gasteiger charge is -2.21. The zero-order valence-corrected chi connectivity index (χ0v) is 15.8. The van der Waals surface area contributed by atoms with Gasteiger partial charge >= 0.3 is 18.0 Å². The molecule has 0 aliphatic rings. The number of carboxylic acid groups (broad SMARTS) is 1. The first-order chi connectivity index (χ1) is 12.0. The Kier molecular flexibility index (Phi) is 7.57. The molecule has 26 heavy (non-hydrogen) atoms. The van der Waals surface area contributed by atoms with Gasteiger partial charge in [0.1, 0.15) is 5.60 Å². The number of amides is 1. The summed E-state index contributed by atoms with van der Waals surface area (Å²) in [7, 11) is 1.30. The lowest BCUT2D eigenvalue weighted by Crippen LogP contribution is -2.28. The van der Waals surface area contributed by atoms with Crippen LogP contribution in [0.3, 0.4) is 0 Å². The van der Waals surface area contributed by atoms with Crippen molar-refractivity contribution in [3.8, 4) is 0 Å². The van der Waals surface area contributed by atoms with E-state index in [0.717, 1.165) is 11.1 Å². The van der Waals surface area contributed by atoms with E-state index in [1.54, 1.807) is 39.8 Å². The van der Waals surface area contributed by atoms with Gasteiger partial charge in [-0.25, -0.2) is 4.79 Å². The highest BCUT2D eigenvalue weighted by Gasteiger charge is 2.18. The molecule has 1 aromatic rings. The molecule has 8 heteroatoms. The summed E-state index contributed by atoms with van der Waals surface area (Å²) in [5.74, 6) is -1.39. The van der Waals surface area contributed by atoms with Gasteiger partial charge in [0.15, 0.2) is 0 Å². The second-order valence-corrected chi connectivity index (χ2v) is 6.80. The predicted molar refractivity (Wildman–Crippen MR) is 96.1 cm³/mol. The molecule has 0 saturated heterocycles. The van der Waals surface area contributed by atoms with E-state index in [1.165, 1.54) is 7.11 Å². The van der Waals surface area contributed by atoms with Crippen molar-refractivity contribution in [3.63, 3.8) is 0 Å². The van der Waals surface area contributed by atoms with Crippen LogP contribution in [-0.4, -0.2) is 42.4 Å². The van der Waals surface area contributed by atoms with Gasteiger partial charge in [-0.15, -0.1) is 0 Å². The highest BCUT2D eigenvalue weighted by Crippen LogP contribution is 2.23.